The van der Waals surface area contributed by atoms with Crippen molar-refractivity contribution in [3.63, 3.8) is 0 Å². The average Bonchev–Trinajstić information content (AvgIpc) is 3.32. The largest absolute Gasteiger partial charge is 0.338 e. The lowest BCUT2D eigenvalue weighted by Gasteiger charge is -2.17. The van der Waals surface area contributed by atoms with Crippen LogP contribution in [0.5, 0.6) is 0 Å². The third kappa shape index (κ3) is 5.52. The highest BCUT2D eigenvalue weighted by atomic mass is 35.5. The Balaban J connectivity index is 0.00000261. The van der Waals surface area contributed by atoms with E-state index in [1.165, 1.54) is 23.5 Å². The van der Waals surface area contributed by atoms with Gasteiger partial charge in [0.05, 0.1) is 4.90 Å². The third-order valence-corrected chi connectivity index (χ3v) is 6.75. The number of rotatable bonds is 7. The van der Waals surface area contributed by atoms with Crippen LogP contribution in [0.1, 0.15) is 21.7 Å². The number of carbonyl (C=O) groups excluding carboxylic acids is 1. The maximum absolute atomic E-state index is 12.7. The first-order valence-electron chi connectivity index (χ1n) is 8.55. The smallest absolute Gasteiger partial charge is 0.253 e. The van der Waals surface area contributed by atoms with E-state index < -0.39 is 10.0 Å². The number of hydrogen-bond acceptors (Lipinski definition) is 5. The molecule has 6 nitrogen and oxygen atoms in total. The van der Waals surface area contributed by atoms with Crippen molar-refractivity contribution in [2.24, 2.45) is 5.92 Å². The van der Waals surface area contributed by atoms with Crippen molar-refractivity contribution in [1.82, 2.24) is 14.9 Å². The summed E-state index contributed by atoms with van der Waals surface area (Å²) < 4.78 is 27.6. The van der Waals surface area contributed by atoms with Gasteiger partial charge < -0.3 is 10.2 Å². The minimum Gasteiger partial charge on any atom is -0.338 e. The molecule has 0 bridgehead atoms. The zero-order valence-electron chi connectivity index (χ0n) is 15.1. The van der Waals surface area contributed by atoms with Gasteiger partial charge in [0.2, 0.25) is 10.0 Å². The molecule has 27 heavy (non-hydrogen) atoms. The lowest BCUT2D eigenvalue weighted by Crippen LogP contribution is -2.30. The van der Waals surface area contributed by atoms with Gasteiger partial charge in [-0.15, -0.1) is 23.7 Å². The first-order chi connectivity index (χ1) is 12.5. The Morgan fingerprint density at radius 3 is 2.81 bits per heavy atom. The van der Waals surface area contributed by atoms with Crippen molar-refractivity contribution in [2.75, 3.05) is 26.7 Å². The second-order valence-electron chi connectivity index (χ2n) is 6.40. The summed E-state index contributed by atoms with van der Waals surface area (Å²) in [4.78, 5) is 15.6. The van der Waals surface area contributed by atoms with Crippen molar-refractivity contribution < 1.29 is 13.2 Å². The summed E-state index contributed by atoms with van der Waals surface area (Å²) >= 11 is 1.49. The van der Waals surface area contributed by atoms with Crippen molar-refractivity contribution in [3.05, 3.63) is 52.2 Å². The lowest BCUT2D eigenvalue weighted by molar-refractivity contribution is 0.0787. The zero-order chi connectivity index (χ0) is 18.6. The van der Waals surface area contributed by atoms with Crippen LogP contribution >= 0.6 is 23.7 Å². The highest BCUT2D eigenvalue weighted by Gasteiger charge is 2.27. The fraction of sp³-hybridized carbons (Fsp3) is 0.389. The van der Waals surface area contributed by atoms with Crippen LogP contribution in [-0.4, -0.2) is 45.9 Å². The highest BCUT2D eigenvalue weighted by Crippen LogP contribution is 2.20. The first kappa shape index (κ1) is 21.8. The standard InChI is InChI=1S/C18H23N3O3S2.ClH/c1-19-11-14-7-8-21(13-14)18(22)15-4-2-6-17(10-15)26(23,24)20-12-16-5-3-9-25-16;/h2-6,9-10,14,19-20H,7-8,11-13H2,1H3;1H. The molecule has 0 radical (unpaired) electrons. The van der Waals surface area contributed by atoms with Gasteiger partial charge in [-0.3, -0.25) is 4.79 Å². The number of halogens is 1. The fourth-order valence-corrected chi connectivity index (χ4v) is 4.90. The van der Waals surface area contributed by atoms with Gasteiger partial charge in [-0.05, 0) is 55.6 Å². The number of nitrogens with one attached hydrogen (secondary N) is 2. The Labute approximate surface area is 170 Å². The van der Waals surface area contributed by atoms with E-state index in [0.29, 0.717) is 24.6 Å². The van der Waals surface area contributed by atoms with E-state index in [2.05, 4.69) is 10.0 Å². The molecule has 1 saturated heterocycles. The molecular weight excluding hydrogens is 406 g/mol. The SMILES string of the molecule is CNCC1CCN(C(=O)c2cccc(S(=O)(=O)NCc3cccs3)c2)C1.Cl. The number of hydrogen-bond donors (Lipinski definition) is 2. The molecule has 1 amide bonds. The fourth-order valence-electron chi connectivity index (χ4n) is 3.11. The lowest BCUT2D eigenvalue weighted by atomic mass is 10.1. The summed E-state index contributed by atoms with van der Waals surface area (Å²) in [5, 5.41) is 5.04. The number of sulfonamides is 1. The van der Waals surface area contributed by atoms with E-state index in [-0.39, 0.29) is 29.8 Å². The predicted molar refractivity (Wildman–Crippen MR) is 110 cm³/mol. The molecule has 1 fully saturated rings. The number of nitrogens with zero attached hydrogens (tertiary/aromatic N) is 1. The topological polar surface area (TPSA) is 78.5 Å². The van der Waals surface area contributed by atoms with Crippen LogP contribution in [0.25, 0.3) is 0 Å². The van der Waals surface area contributed by atoms with Crippen molar-refractivity contribution in [1.29, 1.82) is 0 Å². The Morgan fingerprint density at radius 1 is 1.30 bits per heavy atom. The molecule has 1 aromatic carbocycles. The van der Waals surface area contributed by atoms with Crippen LogP contribution in [0, 0.1) is 5.92 Å². The first-order valence-corrected chi connectivity index (χ1v) is 10.9. The zero-order valence-corrected chi connectivity index (χ0v) is 17.5. The van der Waals surface area contributed by atoms with Gasteiger partial charge in [0.25, 0.3) is 5.91 Å². The summed E-state index contributed by atoms with van der Waals surface area (Å²) in [5.41, 5.74) is 0.411. The van der Waals surface area contributed by atoms with E-state index >= 15 is 0 Å². The molecule has 1 aliphatic rings. The van der Waals surface area contributed by atoms with E-state index in [1.54, 1.807) is 17.0 Å². The Hall–Kier alpha value is -1.45. The summed E-state index contributed by atoms with van der Waals surface area (Å²) in [6.07, 6.45) is 0.965. The number of carbonyl (C=O) groups is 1. The van der Waals surface area contributed by atoms with Gasteiger partial charge in [0.1, 0.15) is 0 Å². The van der Waals surface area contributed by atoms with Crippen LogP contribution < -0.4 is 10.0 Å². The molecule has 1 aromatic heterocycles. The molecule has 2 N–H and O–H groups in total. The van der Waals surface area contributed by atoms with Crippen LogP contribution in [0.15, 0.2) is 46.7 Å². The van der Waals surface area contributed by atoms with Gasteiger partial charge in [-0.1, -0.05) is 12.1 Å². The molecule has 3 rings (SSSR count). The van der Waals surface area contributed by atoms with Gasteiger partial charge in [-0.25, -0.2) is 13.1 Å². The summed E-state index contributed by atoms with van der Waals surface area (Å²) in [5.74, 6) is 0.335. The summed E-state index contributed by atoms with van der Waals surface area (Å²) in [7, 11) is -1.75. The minimum atomic E-state index is -3.66. The molecule has 2 heterocycles. The van der Waals surface area contributed by atoms with Crippen LogP contribution in [0.3, 0.4) is 0 Å². The van der Waals surface area contributed by atoms with E-state index in [1.807, 2.05) is 24.6 Å². The maximum Gasteiger partial charge on any atom is 0.253 e. The van der Waals surface area contributed by atoms with Crippen molar-refractivity contribution in [3.8, 4) is 0 Å². The molecule has 1 unspecified atom stereocenters. The molecule has 1 atom stereocenters. The molecule has 0 saturated carbocycles. The van der Waals surface area contributed by atoms with Gasteiger partial charge >= 0.3 is 0 Å². The quantitative estimate of drug-likeness (QED) is 0.708. The van der Waals surface area contributed by atoms with E-state index in [9.17, 15) is 13.2 Å². The van der Waals surface area contributed by atoms with Gasteiger partial charge in [0.15, 0.2) is 0 Å². The number of benzene rings is 1. The van der Waals surface area contributed by atoms with E-state index in [4.69, 9.17) is 0 Å². The van der Waals surface area contributed by atoms with Gasteiger partial charge in [-0.2, -0.15) is 0 Å². The van der Waals surface area contributed by atoms with Crippen molar-refractivity contribution in [2.45, 2.75) is 17.9 Å². The van der Waals surface area contributed by atoms with Crippen LogP contribution in [0.2, 0.25) is 0 Å². The Kier molecular flexibility index (Phi) is 7.81. The molecular formula is C18H24ClN3O3S2. The second kappa shape index (κ2) is 9.66. The second-order valence-corrected chi connectivity index (χ2v) is 9.19. The number of amides is 1. The third-order valence-electron chi connectivity index (χ3n) is 4.47. The highest BCUT2D eigenvalue weighted by molar-refractivity contribution is 7.89. The average molecular weight is 430 g/mol. The monoisotopic (exact) mass is 429 g/mol. The normalized spacial score (nSPS) is 16.9. The molecule has 148 valence electrons. The maximum atomic E-state index is 12.7. The number of thiophene rings is 1. The van der Waals surface area contributed by atoms with Crippen LogP contribution in [0.4, 0.5) is 0 Å². The Bertz CT molecular complexity index is 856. The molecule has 0 aliphatic carbocycles. The Morgan fingerprint density at radius 2 is 2.11 bits per heavy atom. The van der Waals surface area contributed by atoms with Crippen molar-refractivity contribution >= 4 is 39.7 Å². The van der Waals surface area contributed by atoms with Gasteiger partial charge in [0, 0.05) is 30.1 Å². The molecule has 1 aliphatic heterocycles. The van der Waals surface area contributed by atoms with Crippen LogP contribution in [-0.2, 0) is 16.6 Å². The van der Waals surface area contributed by atoms with E-state index in [0.717, 1.165) is 17.8 Å². The summed E-state index contributed by atoms with van der Waals surface area (Å²) in [6.45, 7) is 2.53. The summed E-state index contributed by atoms with van der Waals surface area (Å²) in [6, 6.07) is 10.0. The predicted octanol–water partition coefficient (Wildman–Crippen LogP) is 2.33. The molecule has 9 heteroatoms. The molecule has 0 spiro atoms. The molecule has 2 aromatic rings. The number of likely N-dealkylation sites (tertiary alicyclic amines) is 1. The minimum absolute atomic E-state index is 0.